The maximum Gasteiger partial charge on any atom is 0.311 e. The molecule has 5 heteroatoms. The Hall–Kier alpha value is -2.17. The summed E-state index contributed by atoms with van der Waals surface area (Å²) in [6.45, 7) is 2.41. The Morgan fingerprint density at radius 3 is 2.84 bits per heavy atom. The summed E-state index contributed by atoms with van der Waals surface area (Å²) in [5.41, 5.74) is -0.120. The van der Waals surface area contributed by atoms with Gasteiger partial charge < -0.3 is 10.0 Å². The molecule has 0 aliphatic carbocycles. The first kappa shape index (κ1) is 13.3. The van der Waals surface area contributed by atoms with Crippen LogP contribution in [0, 0.1) is 5.41 Å². The molecule has 1 aromatic rings. The summed E-state index contributed by atoms with van der Waals surface area (Å²) >= 11 is 0. The van der Waals surface area contributed by atoms with E-state index in [1.807, 2.05) is 6.07 Å². The normalized spacial score (nSPS) is 22.9. The topological polar surface area (TPSA) is 70.5 Å². The lowest BCUT2D eigenvalue weighted by molar-refractivity contribution is -0.147. The molecule has 1 amide bonds. The van der Waals surface area contributed by atoms with E-state index in [2.05, 4.69) is 4.98 Å². The lowest BCUT2D eigenvalue weighted by Crippen LogP contribution is -2.34. The number of aromatic nitrogens is 1. The van der Waals surface area contributed by atoms with E-state index in [0.717, 1.165) is 0 Å². The predicted octanol–water partition coefficient (Wildman–Crippen LogP) is 1.42. The minimum absolute atomic E-state index is 0.171. The minimum Gasteiger partial charge on any atom is -0.481 e. The van der Waals surface area contributed by atoms with E-state index in [-0.39, 0.29) is 12.5 Å². The summed E-state index contributed by atoms with van der Waals surface area (Å²) in [4.78, 5) is 28.7. The zero-order valence-corrected chi connectivity index (χ0v) is 10.7. The van der Waals surface area contributed by atoms with Crippen LogP contribution in [0.2, 0.25) is 0 Å². The zero-order valence-electron chi connectivity index (χ0n) is 10.7. The molecule has 100 valence electrons. The molecule has 1 aliphatic heterocycles. The Balaban J connectivity index is 1.99. The van der Waals surface area contributed by atoms with Crippen LogP contribution >= 0.6 is 0 Å². The van der Waals surface area contributed by atoms with Gasteiger partial charge in [0.2, 0.25) is 5.91 Å². The quantitative estimate of drug-likeness (QED) is 0.834. The summed E-state index contributed by atoms with van der Waals surface area (Å²) < 4.78 is 0. The number of rotatable bonds is 3. The Kier molecular flexibility index (Phi) is 3.64. The molecule has 0 saturated carbocycles. The van der Waals surface area contributed by atoms with Gasteiger partial charge in [0, 0.05) is 25.4 Å². The Morgan fingerprint density at radius 1 is 1.47 bits per heavy atom. The minimum atomic E-state index is -0.850. The van der Waals surface area contributed by atoms with Crippen LogP contribution in [0.5, 0.6) is 0 Å². The second-order valence-corrected chi connectivity index (χ2v) is 4.96. The van der Waals surface area contributed by atoms with E-state index >= 15 is 0 Å². The molecule has 5 nitrogen and oxygen atoms in total. The molecule has 1 aliphatic rings. The highest BCUT2D eigenvalue weighted by molar-refractivity contribution is 5.92. The number of nitrogens with zero attached hydrogens (tertiary/aromatic N) is 2. The Bertz CT molecular complexity index is 513. The number of hydrogen-bond acceptors (Lipinski definition) is 3. The van der Waals surface area contributed by atoms with Crippen molar-refractivity contribution in [2.24, 2.45) is 5.41 Å². The number of pyridine rings is 1. The van der Waals surface area contributed by atoms with Crippen molar-refractivity contribution >= 4 is 18.0 Å². The molecule has 1 unspecified atom stereocenters. The van der Waals surface area contributed by atoms with E-state index in [1.54, 1.807) is 36.2 Å². The van der Waals surface area contributed by atoms with Gasteiger partial charge in [0.25, 0.3) is 0 Å². The average Bonchev–Trinajstić information content (AvgIpc) is 2.81. The number of aliphatic carboxylic acids is 1. The molecular formula is C14H16N2O3. The summed E-state index contributed by atoms with van der Waals surface area (Å²) in [6.07, 6.45) is 5.22. The lowest BCUT2D eigenvalue weighted by atomic mass is 9.90. The van der Waals surface area contributed by atoms with Gasteiger partial charge in [-0.2, -0.15) is 0 Å². The van der Waals surface area contributed by atoms with Gasteiger partial charge in [-0.1, -0.05) is 6.07 Å². The molecule has 19 heavy (non-hydrogen) atoms. The highest BCUT2D eigenvalue weighted by Crippen LogP contribution is 2.30. The summed E-state index contributed by atoms with van der Waals surface area (Å²) in [7, 11) is 0. The van der Waals surface area contributed by atoms with Crippen molar-refractivity contribution in [1.82, 2.24) is 9.88 Å². The fourth-order valence-electron chi connectivity index (χ4n) is 2.06. The molecule has 1 N–H and O–H groups in total. The fraction of sp³-hybridized carbons (Fsp3) is 0.357. The number of carbonyl (C=O) groups is 2. The molecule has 0 bridgehead atoms. The van der Waals surface area contributed by atoms with E-state index in [9.17, 15) is 9.59 Å². The molecule has 1 fully saturated rings. The van der Waals surface area contributed by atoms with E-state index in [4.69, 9.17) is 5.11 Å². The average molecular weight is 260 g/mol. The highest BCUT2D eigenvalue weighted by atomic mass is 16.4. The van der Waals surface area contributed by atoms with Crippen LogP contribution in [-0.2, 0) is 9.59 Å². The van der Waals surface area contributed by atoms with Gasteiger partial charge in [0.15, 0.2) is 0 Å². The van der Waals surface area contributed by atoms with Crippen molar-refractivity contribution in [1.29, 1.82) is 0 Å². The van der Waals surface area contributed by atoms with Crippen LogP contribution in [0.25, 0.3) is 6.08 Å². The highest BCUT2D eigenvalue weighted by Gasteiger charge is 2.41. The van der Waals surface area contributed by atoms with E-state index < -0.39 is 11.4 Å². The van der Waals surface area contributed by atoms with Gasteiger partial charge in [-0.05, 0) is 31.6 Å². The fourth-order valence-corrected chi connectivity index (χ4v) is 2.06. The predicted molar refractivity (Wildman–Crippen MR) is 70.2 cm³/mol. The van der Waals surface area contributed by atoms with Crippen molar-refractivity contribution in [3.63, 3.8) is 0 Å². The smallest absolute Gasteiger partial charge is 0.311 e. The third-order valence-corrected chi connectivity index (χ3v) is 3.39. The maximum atomic E-state index is 11.9. The van der Waals surface area contributed by atoms with Crippen LogP contribution in [0.1, 0.15) is 19.0 Å². The number of likely N-dealkylation sites (tertiary alicyclic amines) is 1. The van der Waals surface area contributed by atoms with Crippen LogP contribution in [-0.4, -0.2) is 40.0 Å². The molecule has 2 rings (SSSR count). The second kappa shape index (κ2) is 5.22. The third-order valence-electron chi connectivity index (χ3n) is 3.39. The van der Waals surface area contributed by atoms with Crippen molar-refractivity contribution < 1.29 is 14.7 Å². The van der Waals surface area contributed by atoms with Gasteiger partial charge in [0.05, 0.1) is 11.1 Å². The number of carboxylic acid groups (broad SMARTS) is 1. The molecule has 1 atom stereocenters. The number of carboxylic acids is 1. The zero-order chi connectivity index (χ0) is 13.9. The summed E-state index contributed by atoms with van der Waals surface area (Å²) in [5, 5.41) is 9.11. The van der Waals surface area contributed by atoms with Gasteiger partial charge >= 0.3 is 5.97 Å². The number of carbonyl (C=O) groups excluding carboxylic acids is 1. The first-order chi connectivity index (χ1) is 9.01. The van der Waals surface area contributed by atoms with Crippen LogP contribution < -0.4 is 0 Å². The first-order valence-electron chi connectivity index (χ1n) is 6.13. The van der Waals surface area contributed by atoms with Crippen molar-refractivity contribution in [2.45, 2.75) is 13.3 Å². The third kappa shape index (κ3) is 2.99. The van der Waals surface area contributed by atoms with Crippen LogP contribution in [0.15, 0.2) is 30.5 Å². The lowest BCUT2D eigenvalue weighted by Gasteiger charge is -2.18. The first-order valence-corrected chi connectivity index (χ1v) is 6.13. The Labute approximate surface area is 111 Å². The number of amides is 1. The van der Waals surface area contributed by atoms with Crippen molar-refractivity contribution in [3.05, 3.63) is 36.2 Å². The van der Waals surface area contributed by atoms with Gasteiger partial charge in [-0.3, -0.25) is 14.6 Å². The Morgan fingerprint density at radius 2 is 2.26 bits per heavy atom. The monoisotopic (exact) mass is 260 g/mol. The molecule has 2 heterocycles. The maximum absolute atomic E-state index is 11.9. The van der Waals surface area contributed by atoms with E-state index in [1.165, 1.54) is 6.08 Å². The summed E-state index contributed by atoms with van der Waals surface area (Å²) in [5.74, 6) is -1.02. The molecule has 1 aromatic heterocycles. The SMILES string of the molecule is CC1(C(=O)O)CCN(C(=O)C=Cc2ccccn2)C1. The van der Waals surface area contributed by atoms with Gasteiger partial charge in [-0.25, -0.2) is 0 Å². The molecule has 0 radical (unpaired) electrons. The standard InChI is InChI=1S/C14H16N2O3/c1-14(13(18)19)7-9-16(10-14)12(17)6-5-11-4-2-3-8-15-11/h2-6,8H,7,9-10H2,1H3,(H,18,19). The van der Waals surface area contributed by atoms with E-state index in [0.29, 0.717) is 18.7 Å². The summed E-state index contributed by atoms with van der Waals surface area (Å²) in [6, 6.07) is 5.45. The molecular weight excluding hydrogens is 244 g/mol. The van der Waals surface area contributed by atoms with Crippen LogP contribution in [0.4, 0.5) is 0 Å². The second-order valence-electron chi connectivity index (χ2n) is 4.96. The van der Waals surface area contributed by atoms with Crippen molar-refractivity contribution in [3.8, 4) is 0 Å². The van der Waals surface area contributed by atoms with Gasteiger partial charge in [-0.15, -0.1) is 0 Å². The molecule has 1 saturated heterocycles. The van der Waals surface area contributed by atoms with Crippen molar-refractivity contribution in [2.75, 3.05) is 13.1 Å². The molecule has 0 spiro atoms. The number of hydrogen-bond donors (Lipinski definition) is 1. The largest absolute Gasteiger partial charge is 0.481 e. The van der Waals surface area contributed by atoms with Crippen LogP contribution in [0.3, 0.4) is 0 Å². The van der Waals surface area contributed by atoms with Gasteiger partial charge in [0.1, 0.15) is 0 Å². The molecule has 0 aromatic carbocycles.